The number of rotatable bonds is 7. The Hall–Kier alpha value is -2.87. The molecule has 0 saturated carbocycles. The lowest BCUT2D eigenvalue weighted by Gasteiger charge is -2.27. The maximum Gasteiger partial charge on any atom is 0.226 e. The number of carbonyl (C=O) groups excluding carboxylic acids is 1. The number of amides is 1. The molecular weight excluding hydrogens is 319 g/mol. The molecule has 0 unspecified atom stereocenters. The topological polar surface area (TPSA) is 53.3 Å². The van der Waals surface area contributed by atoms with Crippen molar-refractivity contribution in [2.45, 2.75) is 32.9 Å². The first kappa shape index (κ1) is 18.5. The largest absolute Gasteiger partial charge is 0.490 e. The average molecular weight is 340 g/mol. The summed E-state index contributed by atoms with van der Waals surface area (Å²) in [6, 6.07) is 15.4. The molecular formula is C20H21FN2O2. The highest BCUT2D eigenvalue weighted by Gasteiger charge is 2.17. The Balaban J connectivity index is 1.93. The lowest BCUT2D eigenvalue weighted by atomic mass is 10.1. The molecule has 0 aliphatic heterocycles. The van der Waals surface area contributed by atoms with Crippen molar-refractivity contribution in [2.75, 3.05) is 6.61 Å². The van der Waals surface area contributed by atoms with Gasteiger partial charge in [-0.15, -0.1) is 0 Å². The van der Waals surface area contributed by atoms with Crippen LogP contribution >= 0.6 is 0 Å². The van der Waals surface area contributed by atoms with Gasteiger partial charge >= 0.3 is 0 Å². The van der Waals surface area contributed by atoms with E-state index in [0.717, 1.165) is 5.56 Å². The number of hydrogen-bond donors (Lipinski definition) is 0. The van der Waals surface area contributed by atoms with E-state index in [1.807, 2.05) is 26.0 Å². The molecule has 0 atom stereocenters. The number of hydrogen-bond acceptors (Lipinski definition) is 3. The molecule has 0 aliphatic rings. The standard InChI is InChI=1S/C20H21FN2O2/c1-15(2)23(14-17-9-7-16(13-22)8-10-17)20(24)11-12-25-19-6-4-3-5-18(19)21/h3-10,15H,11-12,14H2,1-2H3. The first-order valence-electron chi connectivity index (χ1n) is 8.17. The van der Waals surface area contributed by atoms with Gasteiger partial charge in [-0.3, -0.25) is 4.79 Å². The van der Waals surface area contributed by atoms with Gasteiger partial charge in [-0.05, 0) is 43.7 Å². The fraction of sp³-hybridized carbons (Fsp3) is 0.300. The molecule has 2 aromatic carbocycles. The zero-order valence-corrected chi connectivity index (χ0v) is 14.4. The molecule has 2 rings (SSSR count). The van der Waals surface area contributed by atoms with E-state index in [-0.39, 0.29) is 30.7 Å². The van der Waals surface area contributed by atoms with Crippen molar-refractivity contribution in [3.05, 3.63) is 65.5 Å². The Bertz CT molecular complexity index is 751. The summed E-state index contributed by atoms with van der Waals surface area (Å²) >= 11 is 0. The molecule has 0 bridgehead atoms. The molecule has 0 heterocycles. The van der Waals surface area contributed by atoms with Crippen molar-refractivity contribution < 1.29 is 13.9 Å². The van der Waals surface area contributed by atoms with Crippen LogP contribution in [0.3, 0.4) is 0 Å². The molecule has 1 amide bonds. The summed E-state index contributed by atoms with van der Waals surface area (Å²) in [7, 11) is 0. The fourth-order valence-electron chi connectivity index (χ4n) is 2.39. The van der Waals surface area contributed by atoms with E-state index >= 15 is 0 Å². The monoisotopic (exact) mass is 340 g/mol. The molecule has 2 aromatic rings. The third-order valence-corrected chi connectivity index (χ3v) is 3.79. The minimum Gasteiger partial charge on any atom is -0.490 e. The van der Waals surface area contributed by atoms with E-state index in [1.165, 1.54) is 12.1 Å². The molecule has 4 nitrogen and oxygen atoms in total. The number of para-hydroxylation sites is 1. The van der Waals surface area contributed by atoms with Crippen molar-refractivity contribution in [2.24, 2.45) is 0 Å². The van der Waals surface area contributed by atoms with Crippen LogP contribution in [0.25, 0.3) is 0 Å². The van der Waals surface area contributed by atoms with Gasteiger partial charge < -0.3 is 9.64 Å². The van der Waals surface area contributed by atoms with E-state index in [9.17, 15) is 9.18 Å². The van der Waals surface area contributed by atoms with E-state index in [0.29, 0.717) is 12.1 Å². The van der Waals surface area contributed by atoms with Crippen LogP contribution in [0.2, 0.25) is 0 Å². The zero-order chi connectivity index (χ0) is 18.2. The number of ether oxygens (including phenoxy) is 1. The number of benzene rings is 2. The summed E-state index contributed by atoms with van der Waals surface area (Å²) in [5.41, 5.74) is 1.54. The van der Waals surface area contributed by atoms with Gasteiger partial charge in [-0.25, -0.2) is 4.39 Å². The smallest absolute Gasteiger partial charge is 0.226 e. The molecule has 5 heteroatoms. The van der Waals surface area contributed by atoms with Gasteiger partial charge in [-0.2, -0.15) is 5.26 Å². The second-order valence-corrected chi connectivity index (χ2v) is 5.95. The quantitative estimate of drug-likeness (QED) is 0.768. The third-order valence-electron chi connectivity index (χ3n) is 3.79. The molecule has 0 spiro atoms. The SMILES string of the molecule is CC(C)N(Cc1ccc(C#N)cc1)C(=O)CCOc1ccccc1F. The third kappa shape index (κ3) is 5.32. The van der Waals surface area contributed by atoms with Gasteiger partial charge in [-0.1, -0.05) is 24.3 Å². The molecule has 130 valence electrons. The van der Waals surface area contributed by atoms with Crippen LogP contribution in [0, 0.1) is 17.1 Å². The normalized spacial score (nSPS) is 10.4. The highest BCUT2D eigenvalue weighted by Crippen LogP contribution is 2.16. The second kappa shape index (κ2) is 8.84. The van der Waals surface area contributed by atoms with Crippen LogP contribution in [-0.4, -0.2) is 23.5 Å². The Morgan fingerprint density at radius 3 is 2.48 bits per heavy atom. The van der Waals surface area contributed by atoms with Crippen molar-refractivity contribution in [3.8, 4) is 11.8 Å². The van der Waals surface area contributed by atoms with Crippen LogP contribution in [0.4, 0.5) is 4.39 Å². The van der Waals surface area contributed by atoms with Crippen LogP contribution in [-0.2, 0) is 11.3 Å². The van der Waals surface area contributed by atoms with E-state index < -0.39 is 5.82 Å². The first-order chi connectivity index (χ1) is 12.0. The minimum absolute atomic E-state index is 0.0246. The van der Waals surface area contributed by atoms with Gasteiger partial charge in [0, 0.05) is 12.6 Å². The molecule has 0 aromatic heterocycles. The van der Waals surface area contributed by atoms with Crippen LogP contribution < -0.4 is 4.74 Å². The molecule has 0 N–H and O–H groups in total. The Morgan fingerprint density at radius 2 is 1.88 bits per heavy atom. The van der Waals surface area contributed by atoms with E-state index in [4.69, 9.17) is 10.00 Å². The molecule has 0 fully saturated rings. The summed E-state index contributed by atoms with van der Waals surface area (Å²) in [5.74, 6) is -0.345. The Morgan fingerprint density at radius 1 is 1.20 bits per heavy atom. The van der Waals surface area contributed by atoms with Gasteiger partial charge in [0.15, 0.2) is 11.6 Å². The highest BCUT2D eigenvalue weighted by molar-refractivity contribution is 5.76. The summed E-state index contributed by atoms with van der Waals surface area (Å²) in [5, 5.41) is 8.84. The zero-order valence-electron chi connectivity index (χ0n) is 14.4. The second-order valence-electron chi connectivity index (χ2n) is 5.95. The summed E-state index contributed by atoms with van der Waals surface area (Å²) in [6.45, 7) is 4.47. The summed E-state index contributed by atoms with van der Waals surface area (Å²) < 4.78 is 18.9. The van der Waals surface area contributed by atoms with Crippen molar-refractivity contribution in [1.82, 2.24) is 4.90 Å². The van der Waals surface area contributed by atoms with Gasteiger partial charge in [0.2, 0.25) is 5.91 Å². The predicted molar refractivity (Wildman–Crippen MR) is 93.4 cm³/mol. The molecule has 25 heavy (non-hydrogen) atoms. The lowest BCUT2D eigenvalue weighted by molar-refractivity contribution is -0.134. The lowest BCUT2D eigenvalue weighted by Crippen LogP contribution is -2.37. The number of nitriles is 1. The van der Waals surface area contributed by atoms with E-state index in [2.05, 4.69) is 6.07 Å². The van der Waals surface area contributed by atoms with Crippen LogP contribution in [0.1, 0.15) is 31.4 Å². The van der Waals surface area contributed by atoms with Crippen molar-refractivity contribution in [3.63, 3.8) is 0 Å². The van der Waals surface area contributed by atoms with E-state index in [1.54, 1.807) is 29.2 Å². The Kier molecular flexibility index (Phi) is 6.53. The maximum atomic E-state index is 13.5. The Labute approximate surface area is 147 Å². The van der Waals surface area contributed by atoms with Crippen LogP contribution in [0.5, 0.6) is 5.75 Å². The summed E-state index contributed by atoms with van der Waals surface area (Å²) in [4.78, 5) is 14.2. The highest BCUT2D eigenvalue weighted by atomic mass is 19.1. The van der Waals surface area contributed by atoms with Gasteiger partial charge in [0.1, 0.15) is 0 Å². The first-order valence-corrected chi connectivity index (χ1v) is 8.17. The van der Waals surface area contributed by atoms with Crippen LogP contribution in [0.15, 0.2) is 48.5 Å². The predicted octanol–water partition coefficient (Wildman–Crippen LogP) is 3.90. The average Bonchev–Trinajstić information content (AvgIpc) is 2.61. The minimum atomic E-state index is -0.437. The number of nitrogens with zero attached hydrogens (tertiary/aromatic N) is 2. The molecule has 0 aliphatic carbocycles. The number of carbonyl (C=O) groups is 1. The summed E-state index contributed by atoms with van der Waals surface area (Å²) in [6.07, 6.45) is 0.169. The van der Waals surface area contributed by atoms with Gasteiger partial charge in [0.25, 0.3) is 0 Å². The number of halogens is 1. The maximum absolute atomic E-state index is 13.5. The van der Waals surface area contributed by atoms with Crippen molar-refractivity contribution >= 4 is 5.91 Å². The molecule has 0 saturated heterocycles. The molecule has 0 radical (unpaired) electrons. The fourth-order valence-corrected chi connectivity index (χ4v) is 2.39. The van der Waals surface area contributed by atoms with Gasteiger partial charge in [0.05, 0.1) is 24.7 Å². The van der Waals surface area contributed by atoms with Crippen molar-refractivity contribution in [1.29, 1.82) is 5.26 Å².